The summed E-state index contributed by atoms with van der Waals surface area (Å²) >= 11 is 11.4. The molecule has 36 heavy (non-hydrogen) atoms. The van der Waals surface area contributed by atoms with Crippen LogP contribution in [0, 0.1) is 5.82 Å². The summed E-state index contributed by atoms with van der Waals surface area (Å²) < 4.78 is 108. The van der Waals surface area contributed by atoms with Crippen LogP contribution in [-0.4, -0.2) is 36.2 Å². The highest BCUT2D eigenvalue weighted by atomic mass is 35.5. The highest BCUT2D eigenvalue weighted by Crippen LogP contribution is 2.52. The number of likely N-dealkylation sites (tertiary alicyclic amines) is 1. The molecule has 2 fully saturated rings. The van der Waals surface area contributed by atoms with Gasteiger partial charge in [-0.25, -0.2) is 8.78 Å². The number of carbonyl (C=O) groups is 1. The third-order valence-electron chi connectivity index (χ3n) is 6.19. The van der Waals surface area contributed by atoms with Crippen LogP contribution in [0.3, 0.4) is 0 Å². The van der Waals surface area contributed by atoms with E-state index < -0.39 is 82.9 Å². The predicted molar refractivity (Wildman–Crippen MR) is 112 cm³/mol. The third kappa shape index (κ3) is 4.88. The Morgan fingerprint density at radius 2 is 1.58 bits per heavy atom. The minimum atomic E-state index is -4.96. The zero-order valence-corrected chi connectivity index (χ0v) is 19.4. The SMILES string of the molecule is O=C(CC(F)(F)F)N1CC(F)(c2ccc(C3CC(c4cc(Cl)c(F)c(Cl)c4)(C(F)(F)F)ON3)cc2)C1. The van der Waals surface area contributed by atoms with Crippen LogP contribution in [0.4, 0.5) is 35.1 Å². The molecular formula is C22H16Cl2F8N2O2. The lowest BCUT2D eigenvalue weighted by molar-refractivity contribution is -0.282. The van der Waals surface area contributed by atoms with E-state index in [2.05, 4.69) is 5.48 Å². The number of rotatable bonds is 4. The van der Waals surface area contributed by atoms with Crippen LogP contribution in [0.2, 0.25) is 10.0 Å². The van der Waals surface area contributed by atoms with Crippen molar-refractivity contribution in [1.82, 2.24) is 10.4 Å². The van der Waals surface area contributed by atoms with Crippen molar-refractivity contribution in [2.24, 2.45) is 0 Å². The van der Waals surface area contributed by atoms with Gasteiger partial charge in [0.2, 0.25) is 11.5 Å². The topological polar surface area (TPSA) is 41.6 Å². The summed E-state index contributed by atoms with van der Waals surface area (Å²) in [5.41, 5.74) is -2.87. The van der Waals surface area contributed by atoms with Gasteiger partial charge in [-0.3, -0.25) is 9.63 Å². The van der Waals surface area contributed by atoms with E-state index >= 15 is 4.39 Å². The Balaban J connectivity index is 1.51. The van der Waals surface area contributed by atoms with Gasteiger partial charge < -0.3 is 4.90 Å². The van der Waals surface area contributed by atoms with Crippen molar-refractivity contribution in [1.29, 1.82) is 0 Å². The summed E-state index contributed by atoms with van der Waals surface area (Å²) in [5.74, 6) is -2.32. The number of nitrogens with zero attached hydrogens (tertiary/aromatic N) is 1. The molecule has 0 radical (unpaired) electrons. The van der Waals surface area contributed by atoms with Gasteiger partial charge in [-0.05, 0) is 28.8 Å². The molecule has 2 aromatic rings. The van der Waals surface area contributed by atoms with Crippen LogP contribution in [0.1, 0.15) is 35.6 Å². The standard InChI is InChI=1S/C22H16Cl2F8N2O2/c23-14-5-13(6-15(24)18(14)25)20(22(30,31)32)7-16(33-36-20)11-1-3-12(4-2-11)19(26)9-34(10-19)17(35)8-21(27,28)29/h1-6,16,33H,7-10H2. The Bertz CT molecular complexity index is 1140. The van der Waals surface area contributed by atoms with Crippen molar-refractivity contribution in [2.75, 3.05) is 13.1 Å². The Kier molecular flexibility index (Phi) is 6.72. The number of halogens is 10. The maximum atomic E-state index is 15.1. The largest absolute Gasteiger partial charge is 0.423 e. The molecule has 1 N–H and O–H groups in total. The van der Waals surface area contributed by atoms with Crippen molar-refractivity contribution < 1.29 is 44.8 Å². The molecule has 2 unspecified atom stereocenters. The van der Waals surface area contributed by atoms with Gasteiger partial charge in [0, 0.05) is 6.42 Å². The Hall–Kier alpha value is -2.15. The number of benzene rings is 2. The van der Waals surface area contributed by atoms with Crippen LogP contribution in [0.25, 0.3) is 0 Å². The fourth-order valence-corrected chi connectivity index (χ4v) is 4.73. The minimum absolute atomic E-state index is 0.0559. The van der Waals surface area contributed by atoms with E-state index in [1.54, 1.807) is 0 Å². The van der Waals surface area contributed by atoms with Gasteiger partial charge in [0.1, 0.15) is 6.42 Å². The van der Waals surface area contributed by atoms with Crippen LogP contribution in [0.15, 0.2) is 36.4 Å². The van der Waals surface area contributed by atoms with Gasteiger partial charge in [-0.1, -0.05) is 47.5 Å². The van der Waals surface area contributed by atoms with Crippen LogP contribution in [-0.2, 0) is 20.9 Å². The molecule has 0 aliphatic carbocycles. The highest BCUT2D eigenvalue weighted by molar-refractivity contribution is 6.35. The van der Waals surface area contributed by atoms with E-state index in [-0.39, 0.29) is 11.1 Å². The second-order valence-electron chi connectivity index (χ2n) is 8.68. The molecule has 0 bridgehead atoms. The number of hydrogen-bond acceptors (Lipinski definition) is 3. The number of nitrogens with one attached hydrogen (secondary N) is 1. The van der Waals surface area contributed by atoms with Crippen molar-refractivity contribution in [2.45, 2.75) is 42.5 Å². The van der Waals surface area contributed by atoms with E-state index in [1.165, 1.54) is 24.3 Å². The third-order valence-corrected chi connectivity index (χ3v) is 6.74. The monoisotopic (exact) mass is 562 g/mol. The molecule has 0 saturated carbocycles. The van der Waals surface area contributed by atoms with E-state index in [1.807, 2.05) is 0 Å². The zero-order chi connectivity index (χ0) is 26.7. The molecule has 2 heterocycles. The van der Waals surface area contributed by atoms with Crippen molar-refractivity contribution >= 4 is 29.1 Å². The zero-order valence-electron chi connectivity index (χ0n) is 17.9. The minimum Gasteiger partial charge on any atom is -0.335 e. The quantitative estimate of drug-likeness (QED) is 0.341. The maximum Gasteiger partial charge on any atom is 0.423 e. The summed E-state index contributed by atoms with van der Waals surface area (Å²) in [6.45, 7) is -1.15. The highest BCUT2D eigenvalue weighted by Gasteiger charge is 2.62. The van der Waals surface area contributed by atoms with E-state index in [0.717, 1.165) is 17.0 Å². The normalized spacial score (nSPS) is 24.1. The molecule has 2 aromatic carbocycles. The number of hydrogen-bond donors (Lipinski definition) is 1. The predicted octanol–water partition coefficient (Wildman–Crippen LogP) is 6.52. The van der Waals surface area contributed by atoms with E-state index in [4.69, 9.17) is 28.0 Å². The summed E-state index contributed by atoms with van der Waals surface area (Å²) in [7, 11) is 0. The summed E-state index contributed by atoms with van der Waals surface area (Å²) in [6.07, 6.45) is -12.0. The van der Waals surface area contributed by atoms with E-state index in [9.17, 15) is 35.5 Å². The molecular weight excluding hydrogens is 547 g/mol. The fraction of sp³-hybridized carbons (Fsp3) is 0.409. The van der Waals surface area contributed by atoms with Crippen molar-refractivity contribution in [3.05, 3.63) is 69.0 Å². The van der Waals surface area contributed by atoms with Crippen LogP contribution in [0.5, 0.6) is 0 Å². The lowest BCUT2D eigenvalue weighted by atomic mass is 9.84. The molecule has 2 atom stereocenters. The summed E-state index contributed by atoms with van der Waals surface area (Å²) in [6, 6.07) is 5.77. The smallest absolute Gasteiger partial charge is 0.335 e. The van der Waals surface area contributed by atoms with Crippen LogP contribution >= 0.6 is 23.2 Å². The molecule has 4 nitrogen and oxygen atoms in total. The lowest BCUT2D eigenvalue weighted by Crippen LogP contribution is -2.59. The van der Waals surface area contributed by atoms with Gasteiger partial charge >= 0.3 is 12.4 Å². The van der Waals surface area contributed by atoms with Gasteiger partial charge in [0.15, 0.2) is 11.5 Å². The molecule has 2 saturated heterocycles. The molecule has 14 heteroatoms. The first-order valence-corrected chi connectivity index (χ1v) is 11.1. The fourth-order valence-electron chi connectivity index (χ4n) is 4.25. The number of carbonyl (C=O) groups excluding carboxylic acids is 1. The number of amides is 1. The molecule has 2 aliphatic heterocycles. The molecule has 2 aliphatic rings. The Labute approximate surface area is 209 Å². The first-order valence-electron chi connectivity index (χ1n) is 10.3. The first kappa shape index (κ1) is 26.9. The molecule has 0 aromatic heterocycles. The molecule has 4 rings (SSSR count). The van der Waals surface area contributed by atoms with Crippen molar-refractivity contribution in [3.8, 4) is 0 Å². The average molecular weight is 563 g/mol. The molecule has 1 amide bonds. The molecule has 196 valence electrons. The summed E-state index contributed by atoms with van der Waals surface area (Å²) in [4.78, 5) is 17.3. The van der Waals surface area contributed by atoms with Gasteiger partial charge in [0.25, 0.3) is 0 Å². The summed E-state index contributed by atoms with van der Waals surface area (Å²) in [5, 5.41) is -1.23. The van der Waals surface area contributed by atoms with Crippen molar-refractivity contribution in [3.63, 3.8) is 0 Å². The molecule has 0 spiro atoms. The van der Waals surface area contributed by atoms with E-state index in [0.29, 0.717) is 0 Å². The number of alkyl halides is 7. The Morgan fingerprint density at radius 1 is 1.03 bits per heavy atom. The van der Waals surface area contributed by atoms with Gasteiger partial charge in [-0.2, -0.15) is 31.8 Å². The first-order chi connectivity index (χ1) is 16.5. The second kappa shape index (κ2) is 9.00. The maximum absolute atomic E-state index is 15.1. The average Bonchev–Trinajstić information content (AvgIpc) is 3.21. The number of hydroxylamine groups is 1. The van der Waals surface area contributed by atoms with Crippen LogP contribution < -0.4 is 5.48 Å². The lowest BCUT2D eigenvalue weighted by Gasteiger charge is -2.45. The van der Waals surface area contributed by atoms with Gasteiger partial charge in [0.05, 0.1) is 29.2 Å². The van der Waals surface area contributed by atoms with Gasteiger partial charge in [-0.15, -0.1) is 0 Å². The Morgan fingerprint density at radius 3 is 2.08 bits per heavy atom. The second-order valence-corrected chi connectivity index (χ2v) is 9.50.